The molecule has 8 nitrogen and oxygen atoms in total. The van der Waals surface area contributed by atoms with Crippen molar-refractivity contribution in [3.8, 4) is 11.3 Å². The quantitative estimate of drug-likeness (QED) is 0.367. The molecule has 0 aliphatic heterocycles. The van der Waals surface area contributed by atoms with E-state index in [2.05, 4.69) is 20.5 Å². The third-order valence-corrected chi connectivity index (χ3v) is 5.28. The molecule has 0 radical (unpaired) electrons. The molecule has 0 fully saturated rings. The Morgan fingerprint density at radius 1 is 1.07 bits per heavy atom. The van der Waals surface area contributed by atoms with Gasteiger partial charge in [-0.05, 0) is 36.8 Å². The Hall–Kier alpha value is -3.72. The van der Waals surface area contributed by atoms with Crippen molar-refractivity contribution in [3.63, 3.8) is 0 Å². The van der Waals surface area contributed by atoms with E-state index in [1.165, 1.54) is 24.8 Å². The number of thioether (sulfide) groups is 1. The topological polar surface area (TPSA) is 109 Å². The van der Waals surface area contributed by atoms with Crippen LogP contribution >= 0.6 is 11.8 Å². The van der Waals surface area contributed by atoms with Gasteiger partial charge in [-0.25, -0.2) is 0 Å². The van der Waals surface area contributed by atoms with Crippen LogP contribution < -0.4 is 10.9 Å². The molecule has 0 bridgehead atoms. The van der Waals surface area contributed by atoms with E-state index < -0.39 is 0 Å². The number of H-pyrrole nitrogens is 1. The van der Waals surface area contributed by atoms with E-state index in [0.29, 0.717) is 27.9 Å². The summed E-state index contributed by atoms with van der Waals surface area (Å²) in [6.07, 6.45) is 0. The standard InChI is InChI=1S/C21H17N5O3S/c1-13(27)14-7-9-16(10-8-14)22-19(29)12-30-21-25-24-20-23-18(28)11-17(26(20)21)15-5-3-2-4-6-15/h2-11H,12H2,1H3,(H,22,29)(H,23,24,28). The first-order valence-electron chi connectivity index (χ1n) is 9.09. The fourth-order valence-electron chi connectivity index (χ4n) is 2.93. The van der Waals surface area contributed by atoms with Crippen LogP contribution in [0.3, 0.4) is 0 Å². The number of hydrogen-bond donors (Lipinski definition) is 2. The number of nitrogens with one attached hydrogen (secondary N) is 2. The van der Waals surface area contributed by atoms with Gasteiger partial charge in [0, 0.05) is 17.3 Å². The van der Waals surface area contributed by atoms with Gasteiger partial charge < -0.3 is 5.32 Å². The Labute approximate surface area is 175 Å². The van der Waals surface area contributed by atoms with E-state index in [9.17, 15) is 14.4 Å². The summed E-state index contributed by atoms with van der Waals surface area (Å²) < 4.78 is 1.72. The second kappa shape index (κ2) is 8.34. The zero-order chi connectivity index (χ0) is 21.1. The van der Waals surface area contributed by atoms with E-state index in [4.69, 9.17) is 0 Å². The van der Waals surface area contributed by atoms with E-state index in [-0.39, 0.29) is 23.0 Å². The zero-order valence-electron chi connectivity index (χ0n) is 16.0. The summed E-state index contributed by atoms with van der Waals surface area (Å²) in [5.74, 6) is 0.152. The smallest absolute Gasteiger partial charge is 0.252 e. The lowest BCUT2D eigenvalue weighted by atomic mass is 10.1. The maximum absolute atomic E-state index is 12.4. The molecule has 2 N–H and O–H groups in total. The third-order valence-electron chi connectivity index (χ3n) is 4.35. The van der Waals surface area contributed by atoms with Crippen LogP contribution in [0.25, 0.3) is 17.0 Å². The predicted octanol–water partition coefficient (Wildman–Crippen LogP) is 3.02. The van der Waals surface area contributed by atoms with Gasteiger partial charge in [-0.2, -0.15) is 0 Å². The van der Waals surface area contributed by atoms with Crippen molar-refractivity contribution in [1.29, 1.82) is 0 Å². The number of hydrogen-bond acceptors (Lipinski definition) is 6. The molecule has 4 aromatic rings. The summed E-state index contributed by atoms with van der Waals surface area (Å²) in [7, 11) is 0. The summed E-state index contributed by atoms with van der Waals surface area (Å²) in [6.45, 7) is 1.49. The molecule has 0 unspecified atom stereocenters. The summed E-state index contributed by atoms with van der Waals surface area (Å²) >= 11 is 1.21. The number of aromatic amines is 1. The van der Waals surface area contributed by atoms with Crippen LogP contribution in [0.2, 0.25) is 0 Å². The number of carbonyl (C=O) groups excluding carboxylic acids is 2. The molecule has 0 atom stereocenters. The Bertz CT molecular complexity index is 1280. The van der Waals surface area contributed by atoms with Crippen molar-refractivity contribution >= 4 is 34.9 Å². The Morgan fingerprint density at radius 3 is 2.50 bits per heavy atom. The monoisotopic (exact) mass is 419 g/mol. The van der Waals surface area contributed by atoms with Gasteiger partial charge in [-0.3, -0.25) is 23.8 Å². The maximum atomic E-state index is 12.4. The van der Waals surface area contributed by atoms with Crippen LogP contribution in [0, 0.1) is 0 Å². The molecule has 0 saturated carbocycles. The summed E-state index contributed by atoms with van der Waals surface area (Å²) in [4.78, 5) is 38.3. The lowest BCUT2D eigenvalue weighted by molar-refractivity contribution is -0.113. The number of aromatic nitrogens is 4. The van der Waals surface area contributed by atoms with Crippen LogP contribution in [-0.2, 0) is 4.79 Å². The first-order valence-corrected chi connectivity index (χ1v) is 10.1. The van der Waals surface area contributed by atoms with Crippen molar-refractivity contribution in [2.45, 2.75) is 12.1 Å². The average Bonchev–Trinajstić information content (AvgIpc) is 3.15. The molecular formula is C21H17N5O3S. The van der Waals surface area contributed by atoms with Crippen molar-refractivity contribution in [2.24, 2.45) is 0 Å². The lowest BCUT2D eigenvalue weighted by Crippen LogP contribution is -2.15. The van der Waals surface area contributed by atoms with Gasteiger partial charge in [0.05, 0.1) is 11.4 Å². The normalized spacial score (nSPS) is 10.8. The molecule has 2 aromatic heterocycles. The highest BCUT2D eigenvalue weighted by atomic mass is 32.2. The molecule has 4 rings (SSSR count). The molecule has 0 spiro atoms. The first-order chi connectivity index (χ1) is 14.5. The van der Waals surface area contributed by atoms with Gasteiger partial charge in [0.25, 0.3) is 5.56 Å². The molecule has 0 aliphatic carbocycles. The van der Waals surface area contributed by atoms with Crippen LogP contribution in [0.15, 0.2) is 70.6 Å². The van der Waals surface area contributed by atoms with Gasteiger partial charge >= 0.3 is 0 Å². The molecule has 150 valence electrons. The number of amides is 1. The number of carbonyl (C=O) groups is 2. The van der Waals surface area contributed by atoms with Gasteiger partial charge in [-0.15, -0.1) is 10.2 Å². The number of ketones is 1. The lowest BCUT2D eigenvalue weighted by Gasteiger charge is -2.08. The highest BCUT2D eigenvalue weighted by Gasteiger charge is 2.15. The van der Waals surface area contributed by atoms with Crippen LogP contribution in [0.5, 0.6) is 0 Å². The van der Waals surface area contributed by atoms with Crippen molar-refractivity contribution in [1.82, 2.24) is 19.6 Å². The van der Waals surface area contributed by atoms with Crippen LogP contribution in [-0.4, -0.2) is 37.0 Å². The van der Waals surface area contributed by atoms with E-state index >= 15 is 0 Å². The number of anilines is 1. The minimum Gasteiger partial charge on any atom is -0.325 e. The fraction of sp³-hybridized carbons (Fsp3) is 0.0952. The SMILES string of the molecule is CC(=O)c1ccc(NC(=O)CSc2nnc3[nH]c(=O)cc(-c4ccccc4)n23)cc1. The Balaban J connectivity index is 1.54. The highest BCUT2D eigenvalue weighted by Crippen LogP contribution is 2.24. The summed E-state index contributed by atoms with van der Waals surface area (Å²) in [6, 6.07) is 17.6. The summed E-state index contributed by atoms with van der Waals surface area (Å²) in [5, 5.41) is 11.4. The highest BCUT2D eigenvalue weighted by molar-refractivity contribution is 7.99. The second-order valence-electron chi connectivity index (χ2n) is 6.50. The van der Waals surface area contributed by atoms with Gasteiger partial charge in [0.1, 0.15) is 0 Å². The predicted molar refractivity (Wildman–Crippen MR) is 115 cm³/mol. The van der Waals surface area contributed by atoms with Crippen molar-refractivity contribution in [3.05, 3.63) is 76.6 Å². The van der Waals surface area contributed by atoms with Crippen molar-refractivity contribution in [2.75, 3.05) is 11.1 Å². The van der Waals surface area contributed by atoms with E-state index in [0.717, 1.165) is 5.56 Å². The van der Waals surface area contributed by atoms with E-state index in [1.807, 2.05) is 30.3 Å². The second-order valence-corrected chi connectivity index (χ2v) is 7.44. The fourth-order valence-corrected chi connectivity index (χ4v) is 3.68. The van der Waals surface area contributed by atoms with Gasteiger partial charge in [-0.1, -0.05) is 42.1 Å². The van der Waals surface area contributed by atoms with Gasteiger partial charge in [0.15, 0.2) is 10.9 Å². The number of rotatable bonds is 6. The molecule has 30 heavy (non-hydrogen) atoms. The van der Waals surface area contributed by atoms with Crippen LogP contribution in [0.4, 0.5) is 5.69 Å². The van der Waals surface area contributed by atoms with Gasteiger partial charge in [0.2, 0.25) is 11.7 Å². The minimum absolute atomic E-state index is 0.0330. The van der Waals surface area contributed by atoms with E-state index in [1.54, 1.807) is 28.7 Å². The molecule has 0 saturated heterocycles. The maximum Gasteiger partial charge on any atom is 0.252 e. The molecule has 0 aliphatic rings. The Morgan fingerprint density at radius 2 is 1.80 bits per heavy atom. The largest absolute Gasteiger partial charge is 0.325 e. The molecule has 2 heterocycles. The summed E-state index contributed by atoms with van der Waals surface area (Å²) in [5.41, 5.74) is 2.38. The molecule has 2 aromatic carbocycles. The Kier molecular flexibility index (Phi) is 5.44. The van der Waals surface area contributed by atoms with Crippen molar-refractivity contribution < 1.29 is 9.59 Å². The molecular weight excluding hydrogens is 402 g/mol. The number of fused-ring (bicyclic) bond motifs is 1. The third kappa shape index (κ3) is 4.15. The minimum atomic E-state index is -0.281. The number of benzene rings is 2. The average molecular weight is 419 g/mol. The number of nitrogens with zero attached hydrogens (tertiary/aromatic N) is 3. The molecule has 1 amide bonds. The first kappa shape index (κ1) is 19.6. The zero-order valence-corrected chi connectivity index (χ0v) is 16.8. The van der Waals surface area contributed by atoms with Crippen LogP contribution in [0.1, 0.15) is 17.3 Å². The molecule has 9 heteroatoms. The number of Topliss-reactive ketones (excluding diaryl/α,β-unsaturated/α-hetero) is 1.